The Labute approximate surface area is 79.4 Å². The number of rotatable bonds is 3. The molecule has 2 heteroatoms. The zero-order valence-electron chi connectivity index (χ0n) is 8.25. The van der Waals surface area contributed by atoms with Gasteiger partial charge in [-0.2, -0.15) is 0 Å². The molecular formula is C11H17NO. The average Bonchev–Trinajstić information content (AvgIpc) is 2.11. The predicted octanol–water partition coefficient (Wildman–Crippen LogP) is 1.17. The normalized spacial score (nSPS) is 12.9. The molecule has 0 aliphatic heterocycles. The Morgan fingerprint density at radius 3 is 2.54 bits per heavy atom. The van der Waals surface area contributed by atoms with Gasteiger partial charge in [-0.1, -0.05) is 18.2 Å². The number of benzene rings is 1. The zero-order valence-corrected chi connectivity index (χ0v) is 8.25. The number of aliphatic hydroxyl groups is 1. The van der Waals surface area contributed by atoms with E-state index >= 15 is 0 Å². The van der Waals surface area contributed by atoms with Gasteiger partial charge >= 0.3 is 0 Å². The average molecular weight is 179 g/mol. The minimum atomic E-state index is -0.137. The molecule has 2 nitrogen and oxygen atoms in total. The second-order valence-electron chi connectivity index (χ2n) is 3.57. The van der Waals surface area contributed by atoms with Crippen LogP contribution >= 0.6 is 0 Å². The molecule has 0 aromatic heterocycles. The van der Waals surface area contributed by atoms with E-state index in [0.29, 0.717) is 0 Å². The smallest absolute Gasteiger partial charge is 0.0585 e. The van der Waals surface area contributed by atoms with Crippen LogP contribution in [0.25, 0.3) is 0 Å². The number of aliphatic hydroxyl groups excluding tert-OH is 1. The van der Waals surface area contributed by atoms with Gasteiger partial charge in [0, 0.05) is 6.04 Å². The molecule has 3 N–H and O–H groups in total. The molecule has 0 bridgehead atoms. The molecule has 0 aliphatic rings. The van der Waals surface area contributed by atoms with Crippen molar-refractivity contribution in [2.24, 2.45) is 5.73 Å². The first-order chi connectivity index (χ1) is 6.13. The van der Waals surface area contributed by atoms with Crippen LogP contribution in [0, 0.1) is 13.8 Å². The summed E-state index contributed by atoms with van der Waals surface area (Å²) < 4.78 is 0. The van der Waals surface area contributed by atoms with E-state index in [0.717, 1.165) is 6.42 Å². The quantitative estimate of drug-likeness (QED) is 0.731. The van der Waals surface area contributed by atoms with Crippen LogP contribution in [-0.4, -0.2) is 17.8 Å². The SMILES string of the molecule is Cc1ccc(C[C@H](N)CO)cc1C. The van der Waals surface area contributed by atoms with Gasteiger partial charge < -0.3 is 10.8 Å². The van der Waals surface area contributed by atoms with Crippen molar-refractivity contribution in [1.29, 1.82) is 0 Å². The van der Waals surface area contributed by atoms with Crippen molar-refractivity contribution in [3.8, 4) is 0 Å². The van der Waals surface area contributed by atoms with Crippen LogP contribution in [0.2, 0.25) is 0 Å². The van der Waals surface area contributed by atoms with Gasteiger partial charge in [0.05, 0.1) is 6.61 Å². The molecule has 0 spiro atoms. The largest absolute Gasteiger partial charge is 0.395 e. The monoisotopic (exact) mass is 179 g/mol. The van der Waals surface area contributed by atoms with Gasteiger partial charge in [0.1, 0.15) is 0 Å². The lowest BCUT2D eigenvalue weighted by Gasteiger charge is -2.09. The van der Waals surface area contributed by atoms with E-state index in [1.54, 1.807) is 0 Å². The molecule has 1 aromatic carbocycles. The molecule has 0 unspecified atom stereocenters. The third-order valence-electron chi connectivity index (χ3n) is 2.30. The van der Waals surface area contributed by atoms with Crippen molar-refractivity contribution >= 4 is 0 Å². The van der Waals surface area contributed by atoms with Gasteiger partial charge in [-0.3, -0.25) is 0 Å². The zero-order chi connectivity index (χ0) is 9.84. The summed E-state index contributed by atoms with van der Waals surface area (Å²) in [4.78, 5) is 0. The fraction of sp³-hybridized carbons (Fsp3) is 0.455. The molecule has 0 saturated carbocycles. The van der Waals surface area contributed by atoms with E-state index in [-0.39, 0.29) is 12.6 Å². The lowest BCUT2D eigenvalue weighted by molar-refractivity contribution is 0.265. The van der Waals surface area contributed by atoms with Gasteiger partial charge in [-0.25, -0.2) is 0 Å². The van der Waals surface area contributed by atoms with Crippen LogP contribution in [0.4, 0.5) is 0 Å². The Kier molecular flexibility index (Phi) is 3.46. The number of hydrogen-bond donors (Lipinski definition) is 2. The van der Waals surface area contributed by atoms with Gasteiger partial charge in [-0.15, -0.1) is 0 Å². The van der Waals surface area contributed by atoms with Gasteiger partial charge in [-0.05, 0) is 37.0 Å². The maximum atomic E-state index is 8.79. The first-order valence-electron chi connectivity index (χ1n) is 4.56. The molecule has 1 rings (SSSR count). The molecule has 1 atom stereocenters. The van der Waals surface area contributed by atoms with Crippen LogP contribution < -0.4 is 5.73 Å². The summed E-state index contributed by atoms with van der Waals surface area (Å²) in [5.41, 5.74) is 9.41. The van der Waals surface area contributed by atoms with Crippen molar-refractivity contribution in [1.82, 2.24) is 0 Å². The maximum Gasteiger partial charge on any atom is 0.0585 e. The molecule has 13 heavy (non-hydrogen) atoms. The first-order valence-corrected chi connectivity index (χ1v) is 4.56. The van der Waals surface area contributed by atoms with E-state index in [1.165, 1.54) is 16.7 Å². The Bertz CT molecular complexity index is 283. The molecule has 72 valence electrons. The minimum Gasteiger partial charge on any atom is -0.395 e. The lowest BCUT2D eigenvalue weighted by atomic mass is 10.0. The molecule has 0 heterocycles. The fourth-order valence-electron chi connectivity index (χ4n) is 1.30. The molecule has 0 aliphatic carbocycles. The Balaban J connectivity index is 2.73. The highest BCUT2D eigenvalue weighted by molar-refractivity contribution is 5.30. The molecule has 0 fully saturated rings. The molecule has 0 radical (unpaired) electrons. The second-order valence-corrected chi connectivity index (χ2v) is 3.57. The summed E-state index contributed by atoms with van der Waals surface area (Å²) in [7, 11) is 0. The van der Waals surface area contributed by atoms with Crippen molar-refractivity contribution in [3.05, 3.63) is 34.9 Å². The Hall–Kier alpha value is -0.860. The number of aryl methyl sites for hydroxylation is 2. The lowest BCUT2D eigenvalue weighted by Crippen LogP contribution is -2.26. The van der Waals surface area contributed by atoms with Gasteiger partial charge in [0.15, 0.2) is 0 Å². The van der Waals surface area contributed by atoms with Gasteiger partial charge in [0.2, 0.25) is 0 Å². The summed E-state index contributed by atoms with van der Waals surface area (Å²) in [6.45, 7) is 4.22. The number of hydrogen-bond acceptors (Lipinski definition) is 2. The third kappa shape index (κ3) is 2.83. The highest BCUT2D eigenvalue weighted by atomic mass is 16.3. The second kappa shape index (κ2) is 4.40. The maximum absolute atomic E-state index is 8.79. The van der Waals surface area contributed by atoms with Crippen molar-refractivity contribution < 1.29 is 5.11 Å². The topological polar surface area (TPSA) is 46.2 Å². The highest BCUT2D eigenvalue weighted by Gasteiger charge is 2.02. The Morgan fingerprint density at radius 2 is 2.00 bits per heavy atom. The predicted molar refractivity (Wildman–Crippen MR) is 54.7 cm³/mol. The summed E-state index contributed by atoms with van der Waals surface area (Å²) >= 11 is 0. The summed E-state index contributed by atoms with van der Waals surface area (Å²) in [5, 5.41) is 8.79. The van der Waals surface area contributed by atoms with Crippen molar-refractivity contribution in [2.45, 2.75) is 26.3 Å². The van der Waals surface area contributed by atoms with Crippen LogP contribution in [0.15, 0.2) is 18.2 Å². The van der Waals surface area contributed by atoms with Crippen molar-refractivity contribution in [2.75, 3.05) is 6.61 Å². The third-order valence-corrected chi connectivity index (χ3v) is 2.30. The summed E-state index contributed by atoms with van der Waals surface area (Å²) in [6.07, 6.45) is 0.748. The minimum absolute atomic E-state index is 0.0485. The molecule has 0 amide bonds. The summed E-state index contributed by atoms with van der Waals surface area (Å²) in [5.74, 6) is 0. The van der Waals surface area contributed by atoms with E-state index in [2.05, 4.69) is 32.0 Å². The molecule has 1 aromatic rings. The van der Waals surface area contributed by atoms with E-state index < -0.39 is 0 Å². The van der Waals surface area contributed by atoms with Gasteiger partial charge in [0.25, 0.3) is 0 Å². The molecule has 0 saturated heterocycles. The standard InChI is InChI=1S/C11H17NO/c1-8-3-4-10(5-9(8)2)6-11(12)7-13/h3-5,11,13H,6-7,12H2,1-2H3/t11-/m0/s1. The Morgan fingerprint density at radius 1 is 1.31 bits per heavy atom. The first kappa shape index (κ1) is 10.2. The van der Waals surface area contributed by atoms with E-state index in [4.69, 9.17) is 10.8 Å². The fourth-order valence-corrected chi connectivity index (χ4v) is 1.30. The van der Waals surface area contributed by atoms with Crippen LogP contribution in [0.5, 0.6) is 0 Å². The number of nitrogens with two attached hydrogens (primary N) is 1. The van der Waals surface area contributed by atoms with Crippen LogP contribution in [0.3, 0.4) is 0 Å². The summed E-state index contributed by atoms with van der Waals surface area (Å²) in [6, 6.07) is 6.15. The van der Waals surface area contributed by atoms with Crippen LogP contribution in [0.1, 0.15) is 16.7 Å². The van der Waals surface area contributed by atoms with E-state index in [1.807, 2.05) is 0 Å². The van der Waals surface area contributed by atoms with E-state index in [9.17, 15) is 0 Å². The molecular weight excluding hydrogens is 162 g/mol. The highest BCUT2D eigenvalue weighted by Crippen LogP contribution is 2.10. The van der Waals surface area contributed by atoms with Crippen molar-refractivity contribution in [3.63, 3.8) is 0 Å². The van der Waals surface area contributed by atoms with Crippen LogP contribution in [-0.2, 0) is 6.42 Å².